The number of nitrogens with two attached hydrogens (primary N) is 1. The van der Waals surface area contributed by atoms with Gasteiger partial charge in [0.25, 0.3) is 0 Å². The summed E-state index contributed by atoms with van der Waals surface area (Å²) in [6.07, 6.45) is 0. The van der Waals surface area contributed by atoms with E-state index in [4.69, 9.17) is 0 Å². The highest BCUT2D eigenvalue weighted by Crippen LogP contribution is 2.42. The number of ketones is 1. The van der Waals surface area contributed by atoms with Gasteiger partial charge in [0.05, 0.1) is 11.8 Å². The van der Waals surface area contributed by atoms with Crippen LogP contribution in [0.25, 0.3) is 0 Å². The second-order valence-corrected chi connectivity index (χ2v) is 8.24. The zero-order chi connectivity index (χ0) is 21.0. The molecule has 0 unspecified atom stereocenters. The Balaban J connectivity index is 1.67. The molecule has 31 heavy (non-hydrogen) atoms. The summed E-state index contributed by atoms with van der Waals surface area (Å²) >= 11 is 0. The van der Waals surface area contributed by atoms with Gasteiger partial charge in [-0.05, 0) is 11.1 Å². The number of hydrogen-bond donors (Lipinski definition) is 1. The predicted molar refractivity (Wildman–Crippen MR) is 124 cm³/mol. The number of hydrogen-bond acceptors (Lipinski definition) is 1. The Labute approximate surface area is 183 Å². The zero-order valence-electron chi connectivity index (χ0n) is 17.3. The van der Waals surface area contributed by atoms with E-state index in [1.54, 1.807) is 0 Å². The molecular formula is C29H26NO+. The summed E-state index contributed by atoms with van der Waals surface area (Å²) in [4.78, 5) is 14.3. The average molecular weight is 405 g/mol. The van der Waals surface area contributed by atoms with Crippen molar-refractivity contribution < 1.29 is 10.1 Å². The van der Waals surface area contributed by atoms with Crippen molar-refractivity contribution in [3.63, 3.8) is 0 Å². The van der Waals surface area contributed by atoms with Gasteiger partial charge in [0.2, 0.25) is 0 Å². The quantitative estimate of drug-likeness (QED) is 0.499. The molecule has 0 spiro atoms. The first-order valence-electron chi connectivity index (χ1n) is 10.9. The van der Waals surface area contributed by atoms with Crippen LogP contribution in [-0.2, 0) is 4.79 Å². The summed E-state index contributed by atoms with van der Waals surface area (Å²) in [6, 6.07) is 41.5. The van der Waals surface area contributed by atoms with E-state index in [0.717, 1.165) is 11.1 Å². The van der Waals surface area contributed by atoms with E-state index < -0.39 is 0 Å². The normalized spacial score (nSPS) is 23.4. The second-order valence-electron chi connectivity index (χ2n) is 8.24. The van der Waals surface area contributed by atoms with Gasteiger partial charge in [-0.1, -0.05) is 121 Å². The number of quaternary nitrogens is 1. The summed E-state index contributed by atoms with van der Waals surface area (Å²) in [5, 5.41) is 2.42. The van der Waals surface area contributed by atoms with Crippen molar-refractivity contribution in [2.45, 2.75) is 23.9 Å². The highest BCUT2D eigenvalue weighted by molar-refractivity contribution is 5.93. The van der Waals surface area contributed by atoms with E-state index in [9.17, 15) is 4.79 Å². The van der Waals surface area contributed by atoms with Crippen molar-refractivity contribution in [3.05, 3.63) is 144 Å². The van der Waals surface area contributed by atoms with Gasteiger partial charge in [-0.15, -0.1) is 0 Å². The average Bonchev–Trinajstić information content (AvgIpc) is 2.85. The minimum atomic E-state index is -0.200. The molecule has 4 aromatic rings. The number of piperidine rings is 1. The molecule has 0 saturated carbocycles. The number of rotatable bonds is 4. The molecule has 152 valence electrons. The van der Waals surface area contributed by atoms with E-state index in [0.29, 0.717) is 5.78 Å². The fraction of sp³-hybridized carbons (Fsp3) is 0.138. The molecule has 4 aromatic carbocycles. The molecule has 0 aliphatic carbocycles. The van der Waals surface area contributed by atoms with E-state index in [2.05, 4.69) is 78.1 Å². The first-order valence-corrected chi connectivity index (χ1v) is 10.9. The Hall–Kier alpha value is -3.49. The number of carbonyl (C=O) groups is 1. The van der Waals surface area contributed by atoms with Crippen molar-refractivity contribution in [2.24, 2.45) is 0 Å². The maximum atomic E-state index is 14.3. The molecule has 0 bridgehead atoms. The fourth-order valence-electron chi connectivity index (χ4n) is 5.01. The van der Waals surface area contributed by atoms with Gasteiger partial charge in [-0.25, -0.2) is 0 Å². The molecule has 4 atom stereocenters. The molecule has 0 radical (unpaired) electrons. The largest absolute Gasteiger partial charge is 0.332 e. The van der Waals surface area contributed by atoms with Crippen LogP contribution in [0.4, 0.5) is 0 Å². The summed E-state index contributed by atoms with van der Waals surface area (Å²) in [6.45, 7) is 0. The lowest BCUT2D eigenvalue weighted by Gasteiger charge is -2.39. The third-order valence-corrected chi connectivity index (χ3v) is 6.43. The molecule has 2 nitrogen and oxygen atoms in total. The lowest BCUT2D eigenvalue weighted by Crippen LogP contribution is -2.91. The molecule has 5 rings (SSSR count). The second kappa shape index (κ2) is 8.71. The minimum Gasteiger partial charge on any atom is -0.332 e. The lowest BCUT2D eigenvalue weighted by molar-refractivity contribution is -0.742. The molecule has 1 aliphatic heterocycles. The fourth-order valence-corrected chi connectivity index (χ4v) is 5.01. The van der Waals surface area contributed by atoms with Crippen LogP contribution < -0.4 is 5.32 Å². The summed E-state index contributed by atoms with van der Waals surface area (Å²) < 4.78 is 0. The SMILES string of the molecule is O=C1[C@@H](c2ccccc2)[C@@H](c2ccccc2)[NH2+][C@H](c2ccccc2)[C@@H]1c1ccccc1. The van der Waals surface area contributed by atoms with Crippen molar-refractivity contribution in [3.8, 4) is 0 Å². The monoisotopic (exact) mass is 404 g/mol. The molecule has 1 aliphatic rings. The first-order chi connectivity index (χ1) is 15.3. The third kappa shape index (κ3) is 3.83. The molecule has 1 fully saturated rings. The van der Waals surface area contributed by atoms with Gasteiger partial charge in [-0.3, -0.25) is 4.79 Å². The molecule has 0 aromatic heterocycles. The van der Waals surface area contributed by atoms with E-state index >= 15 is 0 Å². The summed E-state index contributed by atoms with van der Waals surface area (Å²) in [5.41, 5.74) is 4.56. The topological polar surface area (TPSA) is 33.7 Å². The molecule has 0 amide bonds. The van der Waals surface area contributed by atoms with Crippen LogP contribution in [0.15, 0.2) is 121 Å². The Morgan fingerprint density at radius 3 is 1.03 bits per heavy atom. The minimum absolute atomic E-state index is 0.0290. The highest BCUT2D eigenvalue weighted by atomic mass is 16.1. The Kier molecular flexibility index (Phi) is 5.47. The maximum Gasteiger partial charge on any atom is 0.160 e. The number of Topliss-reactive ketones (excluding diaryl/α,β-unsaturated/α-hetero) is 1. The Morgan fingerprint density at radius 1 is 0.419 bits per heavy atom. The van der Waals surface area contributed by atoms with Gasteiger partial charge in [-0.2, -0.15) is 0 Å². The number of carbonyl (C=O) groups excluding carboxylic acids is 1. The van der Waals surface area contributed by atoms with Crippen LogP contribution in [0.1, 0.15) is 46.2 Å². The molecule has 1 saturated heterocycles. The third-order valence-electron chi connectivity index (χ3n) is 6.43. The zero-order valence-corrected chi connectivity index (χ0v) is 17.3. The summed E-state index contributed by atoms with van der Waals surface area (Å²) in [5.74, 6) is -0.106. The number of benzene rings is 4. The Morgan fingerprint density at radius 2 is 0.710 bits per heavy atom. The van der Waals surface area contributed by atoms with Gasteiger partial charge < -0.3 is 5.32 Å². The first kappa shape index (κ1) is 19.5. The molecule has 1 heterocycles. The van der Waals surface area contributed by atoms with Gasteiger partial charge >= 0.3 is 0 Å². The predicted octanol–water partition coefficient (Wildman–Crippen LogP) is 5.18. The lowest BCUT2D eigenvalue weighted by atomic mass is 9.70. The van der Waals surface area contributed by atoms with Crippen LogP contribution in [0, 0.1) is 0 Å². The van der Waals surface area contributed by atoms with Crippen LogP contribution in [-0.4, -0.2) is 5.78 Å². The van der Waals surface area contributed by atoms with Crippen molar-refractivity contribution in [2.75, 3.05) is 0 Å². The van der Waals surface area contributed by atoms with Crippen LogP contribution >= 0.6 is 0 Å². The van der Waals surface area contributed by atoms with Gasteiger partial charge in [0.15, 0.2) is 5.78 Å². The maximum absolute atomic E-state index is 14.3. The standard InChI is InChI=1S/C29H25NO/c31-29-25(21-13-5-1-6-14-21)27(23-17-9-3-10-18-23)30-28(24-19-11-4-12-20-24)26(29)22-15-7-2-8-16-22/h1-20,25-28,30H/p+1/t25-,26-,27+,28+/m0/s1. The van der Waals surface area contributed by atoms with Gasteiger partial charge in [0, 0.05) is 11.1 Å². The van der Waals surface area contributed by atoms with Crippen LogP contribution in [0.2, 0.25) is 0 Å². The molecule has 2 heteroatoms. The molecular weight excluding hydrogens is 378 g/mol. The molecule has 2 N–H and O–H groups in total. The van der Waals surface area contributed by atoms with Crippen LogP contribution in [0.3, 0.4) is 0 Å². The van der Waals surface area contributed by atoms with Gasteiger partial charge in [0.1, 0.15) is 12.1 Å². The van der Waals surface area contributed by atoms with E-state index in [1.807, 2.05) is 48.5 Å². The smallest absolute Gasteiger partial charge is 0.160 e. The van der Waals surface area contributed by atoms with E-state index in [-0.39, 0.29) is 23.9 Å². The van der Waals surface area contributed by atoms with E-state index in [1.165, 1.54) is 11.1 Å². The van der Waals surface area contributed by atoms with Crippen molar-refractivity contribution in [1.29, 1.82) is 0 Å². The highest BCUT2D eigenvalue weighted by Gasteiger charge is 2.49. The van der Waals surface area contributed by atoms with Crippen molar-refractivity contribution >= 4 is 5.78 Å². The van der Waals surface area contributed by atoms with Crippen LogP contribution in [0.5, 0.6) is 0 Å². The Bertz CT molecular complexity index is 1040. The summed E-state index contributed by atoms with van der Waals surface area (Å²) in [7, 11) is 0. The van der Waals surface area contributed by atoms with Crippen molar-refractivity contribution in [1.82, 2.24) is 0 Å².